The number of fused-ring (bicyclic) bond motifs is 1. The van der Waals surface area contributed by atoms with Crippen molar-refractivity contribution in [2.24, 2.45) is 0 Å². The molecule has 3 rings (SSSR count). The number of rotatable bonds is 3. The predicted molar refractivity (Wildman–Crippen MR) is 82.4 cm³/mol. The lowest BCUT2D eigenvalue weighted by molar-refractivity contribution is 0.103. The van der Waals surface area contributed by atoms with E-state index in [4.69, 9.17) is 0 Å². The predicted octanol–water partition coefficient (Wildman–Crippen LogP) is 3.68. The topological polar surface area (TPSA) is 46.9 Å². The molecule has 0 unspecified atom stereocenters. The highest BCUT2D eigenvalue weighted by molar-refractivity contribution is 7.12. The molecule has 20 heavy (non-hydrogen) atoms. The average molecular weight is 285 g/mol. The van der Waals surface area contributed by atoms with E-state index in [0.717, 1.165) is 23.3 Å². The second-order valence-corrected chi connectivity index (χ2v) is 5.45. The monoisotopic (exact) mass is 285 g/mol. The van der Waals surface area contributed by atoms with E-state index in [1.165, 1.54) is 16.9 Å². The summed E-state index contributed by atoms with van der Waals surface area (Å²) in [6.07, 6.45) is 2.06. The molecule has 0 bridgehead atoms. The van der Waals surface area contributed by atoms with Crippen molar-refractivity contribution >= 4 is 33.8 Å². The van der Waals surface area contributed by atoms with Crippen LogP contribution in [0.5, 0.6) is 0 Å². The van der Waals surface area contributed by atoms with Crippen LogP contribution in [0.3, 0.4) is 0 Å². The first-order valence-electron chi connectivity index (χ1n) is 6.49. The maximum Gasteiger partial charge on any atom is 0.267 e. The molecule has 0 aliphatic carbocycles. The van der Waals surface area contributed by atoms with Gasteiger partial charge in [-0.25, -0.2) is 4.98 Å². The Morgan fingerprint density at radius 3 is 2.95 bits per heavy atom. The van der Waals surface area contributed by atoms with Crippen LogP contribution in [0.4, 0.5) is 5.69 Å². The van der Waals surface area contributed by atoms with Crippen LogP contribution in [0.2, 0.25) is 0 Å². The van der Waals surface area contributed by atoms with Gasteiger partial charge in [-0.1, -0.05) is 0 Å². The van der Waals surface area contributed by atoms with Crippen molar-refractivity contribution < 1.29 is 4.79 Å². The summed E-state index contributed by atoms with van der Waals surface area (Å²) >= 11 is 1.36. The standard InChI is InChI=1S/C15H15N3OS/c1-3-18-7-6-11-8-12(4-5-13(11)18)17-15(19)14-10(2)16-9-20-14/h4-9H,3H2,1-2H3,(H,17,19). The fourth-order valence-corrected chi connectivity index (χ4v) is 2.96. The van der Waals surface area contributed by atoms with Crippen LogP contribution < -0.4 is 5.32 Å². The summed E-state index contributed by atoms with van der Waals surface area (Å²) < 4.78 is 2.17. The molecule has 4 nitrogen and oxygen atoms in total. The molecule has 0 spiro atoms. The first-order valence-corrected chi connectivity index (χ1v) is 7.37. The van der Waals surface area contributed by atoms with Crippen molar-refractivity contribution in [2.75, 3.05) is 5.32 Å². The lowest BCUT2D eigenvalue weighted by Crippen LogP contribution is -2.11. The Morgan fingerprint density at radius 1 is 1.40 bits per heavy atom. The van der Waals surface area contributed by atoms with E-state index in [1.54, 1.807) is 5.51 Å². The van der Waals surface area contributed by atoms with Crippen LogP contribution in [0, 0.1) is 6.92 Å². The number of nitrogens with one attached hydrogen (secondary N) is 1. The molecule has 1 N–H and O–H groups in total. The molecule has 2 aromatic heterocycles. The summed E-state index contributed by atoms with van der Waals surface area (Å²) in [5.41, 5.74) is 4.45. The van der Waals surface area contributed by atoms with Gasteiger partial charge >= 0.3 is 0 Å². The minimum atomic E-state index is -0.0979. The molecule has 0 atom stereocenters. The Kier molecular flexibility index (Phi) is 3.28. The Balaban J connectivity index is 1.88. The van der Waals surface area contributed by atoms with E-state index in [9.17, 15) is 4.79 Å². The minimum Gasteiger partial charge on any atom is -0.348 e. The number of anilines is 1. The highest BCUT2D eigenvalue weighted by Crippen LogP contribution is 2.22. The lowest BCUT2D eigenvalue weighted by Gasteiger charge is -2.05. The molecule has 0 saturated heterocycles. The summed E-state index contributed by atoms with van der Waals surface area (Å²) in [7, 11) is 0. The molecule has 0 fully saturated rings. The summed E-state index contributed by atoms with van der Waals surface area (Å²) in [5, 5.41) is 4.06. The Bertz CT molecular complexity index is 772. The zero-order valence-electron chi connectivity index (χ0n) is 11.4. The van der Waals surface area contributed by atoms with E-state index in [2.05, 4.69) is 34.1 Å². The van der Waals surface area contributed by atoms with Gasteiger partial charge in [0.25, 0.3) is 5.91 Å². The van der Waals surface area contributed by atoms with Crippen molar-refractivity contribution in [1.82, 2.24) is 9.55 Å². The molecule has 0 radical (unpaired) electrons. The molecule has 5 heteroatoms. The van der Waals surface area contributed by atoms with Crippen molar-refractivity contribution in [1.29, 1.82) is 0 Å². The summed E-state index contributed by atoms with van der Waals surface area (Å²) in [6, 6.07) is 8.03. The number of benzene rings is 1. The molecule has 2 heterocycles. The summed E-state index contributed by atoms with van der Waals surface area (Å²) in [5.74, 6) is -0.0979. The van der Waals surface area contributed by atoms with Crippen molar-refractivity contribution in [3.05, 3.63) is 46.5 Å². The van der Waals surface area contributed by atoms with Crippen LogP contribution in [-0.4, -0.2) is 15.5 Å². The Hall–Kier alpha value is -2.14. The van der Waals surface area contributed by atoms with E-state index in [1.807, 2.05) is 25.1 Å². The molecule has 3 aromatic rings. The van der Waals surface area contributed by atoms with Gasteiger partial charge in [0.05, 0.1) is 11.2 Å². The van der Waals surface area contributed by atoms with Crippen molar-refractivity contribution in [3.8, 4) is 0 Å². The number of aryl methyl sites for hydroxylation is 2. The van der Waals surface area contributed by atoms with Crippen LogP contribution in [-0.2, 0) is 6.54 Å². The Labute approximate surface area is 121 Å². The molecule has 0 aliphatic rings. The number of hydrogen-bond donors (Lipinski definition) is 1. The minimum absolute atomic E-state index is 0.0979. The highest BCUT2D eigenvalue weighted by Gasteiger charge is 2.12. The van der Waals surface area contributed by atoms with E-state index in [0.29, 0.717) is 4.88 Å². The third-order valence-electron chi connectivity index (χ3n) is 3.32. The second kappa shape index (κ2) is 5.09. The number of thiazole rings is 1. The molecule has 0 saturated carbocycles. The first kappa shape index (κ1) is 12.9. The average Bonchev–Trinajstić information content (AvgIpc) is 3.04. The Morgan fingerprint density at radius 2 is 2.25 bits per heavy atom. The first-order chi connectivity index (χ1) is 9.69. The van der Waals surface area contributed by atoms with Gasteiger partial charge in [0.15, 0.2) is 0 Å². The fourth-order valence-electron chi connectivity index (χ4n) is 2.26. The maximum absolute atomic E-state index is 12.1. The lowest BCUT2D eigenvalue weighted by atomic mass is 10.2. The van der Waals surface area contributed by atoms with Crippen LogP contribution >= 0.6 is 11.3 Å². The van der Waals surface area contributed by atoms with Gasteiger partial charge in [0.2, 0.25) is 0 Å². The number of amides is 1. The second-order valence-electron chi connectivity index (χ2n) is 4.60. The number of aromatic nitrogens is 2. The van der Waals surface area contributed by atoms with E-state index in [-0.39, 0.29) is 5.91 Å². The van der Waals surface area contributed by atoms with E-state index < -0.39 is 0 Å². The quantitative estimate of drug-likeness (QED) is 0.798. The number of carbonyl (C=O) groups is 1. The van der Waals surface area contributed by atoms with Gasteiger partial charge in [-0.15, -0.1) is 11.3 Å². The van der Waals surface area contributed by atoms with Crippen molar-refractivity contribution in [2.45, 2.75) is 20.4 Å². The zero-order chi connectivity index (χ0) is 14.1. The zero-order valence-corrected chi connectivity index (χ0v) is 12.2. The van der Waals surface area contributed by atoms with Crippen LogP contribution in [0.25, 0.3) is 10.9 Å². The molecule has 102 valence electrons. The molecular weight excluding hydrogens is 270 g/mol. The number of hydrogen-bond acceptors (Lipinski definition) is 3. The van der Waals surface area contributed by atoms with Gasteiger partial charge < -0.3 is 9.88 Å². The van der Waals surface area contributed by atoms with Gasteiger partial charge in [-0.3, -0.25) is 4.79 Å². The smallest absolute Gasteiger partial charge is 0.267 e. The number of nitrogens with zero attached hydrogens (tertiary/aromatic N) is 2. The molecule has 0 aliphatic heterocycles. The van der Waals surface area contributed by atoms with Gasteiger partial charge in [-0.05, 0) is 38.1 Å². The molecule has 1 aromatic carbocycles. The third-order valence-corrected chi connectivity index (χ3v) is 4.25. The number of carbonyl (C=O) groups excluding carboxylic acids is 1. The maximum atomic E-state index is 12.1. The van der Waals surface area contributed by atoms with E-state index >= 15 is 0 Å². The van der Waals surface area contributed by atoms with Crippen LogP contribution in [0.1, 0.15) is 22.3 Å². The third kappa shape index (κ3) is 2.20. The van der Waals surface area contributed by atoms with Gasteiger partial charge in [0.1, 0.15) is 4.88 Å². The molecular formula is C15H15N3OS. The van der Waals surface area contributed by atoms with Gasteiger partial charge in [-0.2, -0.15) is 0 Å². The van der Waals surface area contributed by atoms with Gasteiger partial charge in [0, 0.05) is 29.3 Å². The SMILES string of the molecule is CCn1ccc2cc(NC(=O)c3scnc3C)ccc21. The van der Waals surface area contributed by atoms with Crippen LogP contribution in [0.15, 0.2) is 36.0 Å². The normalized spacial score (nSPS) is 10.9. The fraction of sp³-hybridized carbons (Fsp3) is 0.200. The van der Waals surface area contributed by atoms with Crippen molar-refractivity contribution in [3.63, 3.8) is 0 Å². The molecule has 1 amide bonds. The largest absolute Gasteiger partial charge is 0.348 e. The summed E-state index contributed by atoms with van der Waals surface area (Å²) in [4.78, 5) is 16.9. The highest BCUT2D eigenvalue weighted by atomic mass is 32.1. The summed E-state index contributed by atoms with van der Waals surface area (Å²) in [6.45, 7) is 4.90.